The molecule has 0 aliphatic heterocycles. The Balaban J connectivity index is 1.79. The Morgan fingerprint density at radius 1 is 1.17 bits per heavy atom. The molecule has 3 aromatic rings. The van der Waals surface area contributed by atoms with E-state index in [2.05, 4.69) is 15.1 Å². The van der Waals surface area contributed by atoms with E-state index in [-0.39, 0.29) is 24.9 Å². The zero-order valence-electron chi connectivity index (χ0n) is 13.0. The van der Waals surface area contributed by atoms with Crippen LogP contribution in [-0.4, -0.2) is 48.8 Å². The molecule has 0 bridgehead atoms. The van der Waals surface area contributed by atoms with Crippen LogP contribution in [0.4, 0.5) is 0 Å². The van der Waals surface area contributed by atoms with Crippen LogP contribution < -0.4 is 0 Å². The highest BCUT2D eigenvalue weighted by molar-refractivity contribution is 5.90. The average molecular weight is 323 g/mol. The van der Waals surface area contributed by atoms with Crippen LogP contribution in [0.1, 0.15) is 16.2 Å². The largest absolute Gasteiger partial charge is 0.395 e. The number of carbonyl (C=O) groups excluding carboxylic acids is 1. The van der Waals surface area contributed by atoms with Gasteiger partial charge in [-0.2, -0.15) is 0 Å². The van der Waals surface area contributed by atoms with Crippen molar-refractivity contribution in [3.8, 4) is 5.69 Å². The molecule has 122 valence electrons. The minimum atomic E-state index is -0.331. The lowest BCUT2D eigenvalue weighted by molar-refractivity contribution is 0.0695. The van der Waals surface area contributed by atoms with Crippen LogP contribution in [0.25, 0.3) is 5.69 Å². The highest BCUT2D eigenvalue weighted by Crippen LogP contribution is 2.09. The maximum absolute atomic E-state index is 12.6. The van der Waals surface area contributed by atoms with Crippen molar-refractivity contribution in [1.82, 2.24) is 24.6 Å². The fourth-order valence-corrected chi connectivity index (χ4v) is 2.29. The lowest BCUT2D eigenvalue weighted by Gasteiger charge is -2.20. The Morgan fingerprint density at radius 3 is 2.71 bits per heavy atom. The molecule has 1 N–H and O–H groups in total. The molecule has 0 radical (unpaired) electrons. The number of para-hydroxylation sites is 1. The van der Waals surface area contributed by atoms with Crippen LogP contribution in [0.5, 0.6) is 0 Å². The fraction of sp³-hybridized carbons (Fsp3) is 0.176. The Hall–Kier alpha value is -3.06. The molecule has 0 spiro atoms. The van der Waals surface area contributed by atoms with E-state index in [1.54, 1.807) is 23.1 Å². The van der Waals surface area contributed by atoms with Gasteiger partial charge in [-0.25, -0.2) is 9.67 Å². The van der Waals surface area contributed by atoms with Crippen molar-refractivity contribution in [2.75, 3.05) is 13.2 Å². The molecule has 1 amide bonds. The number of pyridine rings is 1. The van der Waals surface area contributed by atoms with Crippen LogP contribution in [-0.2, 0) is 6.54 Å². The number of hydrogen-bond donors (Lipinski definition) is 1. The van der Waals surface area contributed by atoms with Gasteiger partial charge in [0.2, 0.25) is 5.82 Å². The van der Waals surface area contributed by atoms with E-state index in [0.717, 1.165) is 11.3 Å². The summed E-state index contributed by atoms with van der Waals surface area (Å²) >= 11 is 0. The predicted octanol–water partition coefficient (Wildman–Crippen LogP) is 1.30. The minimum absolute atomic E-state index is 0.0937. The van der Waals surface area contributed by atoms with Crippen molar-refractivity contribution < 1.29 is 9.90 Å². The van der Waals surface area contributed by atoms with Gasteiger partial charge in [0.1, 0.15) is 6.33 Å². The van der Waals surface area contributed by atoms with Crippen molar-refractivity contribution in [1.29, 1.82) is 0 Å². The quantitative estimate of drug-likeness (QED) is 0.739. The maximum atomic E-state index is 12.6. The molecule has 7 heteroatoms. The van der Waals surface area contributed by atoms with Crippen LogP contribution in [0.3, 0.4) is 0 Å². The van der Waals surface area contributed by atoms with Crippen LogP contribution in [0, 0.1) is 0 Å². The van der Waals surface area contributed by atoms with E-state index in [4.69, 9.17) is 0 Å². The molecule has 2 heterocycles. The lowest BCUT2D eigenvalue weighted by atomic mass is 10.2. The van der Waals surface area contributed by atoms with Gasteiger partial charge in [0.15, 0.2) is 0 Å². The van der Waals surface area contributed by atoms with Crippen molar-refractivity contribution in [3.63, 3.8) is 0 Å². The second-order valence-corrected chi connectivity index (χ2v) is 5.16. The summed E-state index contributed by atoms with van der Waals surface area (Å²) in [5.41, 5.74) is 1.70. The fourth-order valence-electron chi connectivity index (χ4n) is 2.29. The van der Waals surface area contributed by atoms with Gasteiger partial charge in [-0.15, -0.1) is 5.10 Å². The van der Waals surface area contributed by atoms with Gasteiger partial charge in [-0.05, 0) is 23.8 Å². The molecule has 1 aromatic carbocycles. The number of amides is 1. The Kier molecular flexibility index (Phi) is 4.93. The van der Waals surface area contributed by atoms with E-state index in [1.807, 2.05) is 36.4 Å². The molecule has 0 saturated heterocycles. The van der Waals surface area contributed by atoms with Crippen LogP contribution in [0.2, 0.25) is 0 Å². The number of carbonyl (C=O) groups is 1. The zero-order chi connectivity index (χ0) is 16.8. The molecular formula is C17H17N5O2. The molecule has 0 saturated carbocycles. The normalized spacial score (nSPS) is 10.5. The first-order chi connectivity index (χ1) is 11.8. The summed E-state index contributed by atoms with van der Waals surface area (Å²) in [7, 11) is 0. The molecule has 0 aliphatic carbocycles. The minimum Gasteiger partial charge on any atom is -0.395 e. The predicted molar refractivity (Wildman–Crippen MR) is 87.4 cm³/mol. The maximum Gasteiger partial charge on any atom is 0.293 e. The van der Waals surface area contributed by atoms with Gasteiger partial charge in [-0.1, -0.05) is 24.3 Å². The molecule has 3 rings (SSSR count). The molecule has 0 fully saturated rings. The van der Waals surface area contributed by atoms with Crippen molar-refractivity contribution in [3.05, 3.63) is 72.6 Å². The smallest absolute Gasteiger partial charge is 0.293 e. The molecule has 0 aliphatic rings. The third-order valence-electron chi connectivity index (χ3n) is 3.46. The molecule has 2 aromatic heterocycles. The summed E-state index contributed by atoms with van der Waals surface area (Å²) in [5, 5.41) is 13.5. The van der Waals surface area contributed by atoms with E-state index in [9.17, 15) is 9.90 Å². The van der Waals surface area contributed by atoms with E-state index in [0.29, 0.717) is 6.54 Å². The topological polar surface area (TPSA) is 84.1 Å². The van der Waals surface area contributed by atoms with Crippen molar-refractivity contribution >= 4 is 5.91 Å². The van der Waals surface area contributed by atoms with Crippen molar-refractivity contribution in [2.24, 2.45) is 0 Å². The summed E-state index contributed by atoms with van der Waals surface area (Å²) < 4.78 is 1.55. The number of aliphatic hydroxyl groups is 1. The Bertz CT molecular complexity index is 789. The van der Waals surface area contributed by atoms with E-state index >= 15 is 0 Å². The molecule has 7 nitrogen and oxygen atoms in total. The van der Waals surface area contributed by atoms with Crippen LogP contribution in [0.15, 0.2) is 61.2 Å². The van der Waals surface area contributed by atoms with Crippen molar-refractivity contribution in [2.45, 2.75) is 6.54 Å². The third-order valence-corrected chi connectivity index (χ3v) is 3.46. The number of hydrogen-bond acceptors (Lipinski definition) is 5. The monoisotopic (exact) mass is 323 g/mol. The SMILES string of the molecule is O=C(c1ncn(-c2ccccc2)n1)N(CCO)Cc1cccnc1. The standard InChI is InChI=1S/C17H17N5O2/c23-10-9-21(12-14-5-4-8-18-11-14)17(24)16-19-13-22(20-16)15-6-2-1-3-7-15/h1-8,11,13,23H,9-10,12H2. The van der Waals surface area contributed by atoms with E-state index in [1.165, 1.54) is 11.2 Å². The van der Waals surface area contributed by atoms with Gasteiger partial charge in [0.05, 0.1) is 12.3 Å². The number of nitrogens with zero attached hydrogens (tertiary/aromatic N) is 5. The van der Waals surface area contributed by atoms with Crippen LogP contribution >= 0.6 is 0 Å². The first-order valence-electron chi connectivity index (χ1n) is 7.54. The summed E-state index contributed by atoms with van der Waals surface area (Å²) in [6, 6.07) is 13.1. The second-order valence-electron chi connectivity index (χ2n) is 5.16. The summed E-state index contributed by atoms with van der Waals surface area (Å²) in [6.07, 6.45) is 4.86. The molecule has 24 heavy (non-hydrogen) atoms. The summed E-state index contributed by atoms with van der Waals surface area (Å²) in [5.74, 6) is -0.237. The number of aromatic nitrogens is 4. The second kappa shape index (κ2) is 7.47. The molecule has 0 unspecified atom stereocenters. The summed E-state index contributed by atoms with van der Waals surface area (Å²) in [6.45, 7) is 0.409. The highest BCUT2D eigenvalue weighted by atomic mass is 16.3. The van der Waals surface area contributed by atoms with Gasteiger partial charge >= 0.3 is 0 Å². The van der Waals surface area contributed by atoms with Gasteiger partial charge < -0.3 is 10.0 Å². The highest BCUT2D eigenvalue weighted by Gasteiger charge is 2.20. The number of benzene rings is 1. The first kappa shape index (κ1) is 15.8. The van der Waals surface area contributed by atoms with Gasteiger partial charge in [0.25, 0.3) is 5.91 Å². The molecule has 0 atom stereocenters. The zero-order valence-corrected chi connectivity index (χ0v) is 13.0. The average Bonchev–Trinajstić information content (AvgIpc) is 3.12. The molecular weight excluding hydrogens is 306 g/mol. The summed E-state index contributed by atoms with van der Waals surface area (Å²) in [4.78, 5) is 22.3. The Labute approximate surface area is 139 Å². The number of aliphatic hydroxyl groups excluding tert-OH is 1. The first-order valence-corrected chi connectivity index (χ1v) is 7.54. The number of rotatable bonds is 6. The van der Waals surface area contributed by atoms with Gasteiger partial charge in [0, 0.05) is 25.5 Å². The lowest BCUT2D eigenvalue weighted by Crippen LogP contribution is -2.34. The third kappa shape index (κ3) is 3.64. The Morgan fingerprint density at radius 2 is 2.00 bits per heavy atom. The van der Waals surface area contributed by atoms with Gasteiger partial charge in [-0.3, -0.25) is 9.78 Å². The van der Waals surface area contributed by atoms with E-state index < -0.39 is 0 Å².